The van der Waals surface area contributed by atoms with Gasteiger partial charge in [0.15, 0.2) is 0 Å². The number of para-hydroxylation sites is 1. The van der Waals surface area contributed by atoms with Gasteiger partial charge in [0.1, 0.15) is 23.8 Å². The maximum absolute atomic E-state index is 13.8. The number of ether oxygens (including phenoxy) is 1. The fourth-order valence-electron chi connectivity index (χ4n) is 3.13. The molecule has 27 heavy (non-hydrogen) atoms. The highest BCUT2D eigenvalue weighted by atomic mass is 19.1. The van der Waals surface area contributed by atoms with Crippen molar-refractivity contribution < 1.29 is 19.0 Å². The lowest BCUT2D eigenvalue weighted by Gasteiger charge is -2.37. The minimum Gasteiger partial charge on any atom is -0.491 e. The summed E-state index contributed by atoms with van der Waals surface area (Å²) in [6.45, 7) is 3.41. The molecule has 2 N–H and O–H groups in total. The van der Waals surface area contributed by atoms with Gasteiger partial charge in [0.05, 0.1) is 12.2 Å². The Morgan fingerprint density at radius 2 is 1.93 bits per heavy atom. The van der Waals surface area contributed by atoms with E-state index in [1.54, 1.807) is 12.1 Å². The molecule has 1 fully saturated rings. The number of piperidine rings is 1. The number of carbonyl (C=O) groups is 1. The van der Waals surface area contributed by atoms with Crippen LogP contribution in [-0.2, 0) is 4.79 Å². The number of likely N-dealkylation sites (tertiary alicyclic amines) is 1. The van der Waals surface area contributed by atoms with Gasteiger partial charge in [0.25, 0.3) is 0 Å². The van der Waals surface area contributed by atoms with E-state index in [0.717, 1.165) is 11.3 Å². The number of nitrogens with zero attached hydrogens (tertiary/aromatic N) is 1. The minimum atomic E-state index is -0.897. The van der Waals surface area contributed by atoms with Gasteiger partial charge in [-0.15, -0.1) is 0 Å². The van der Waals surface area contributed by atoms with Crippen molar-refractivity contribution in [1.82, 2.24) is 4.90 Å². The average molecular weight is 372 g/mol. The van der Waals surface area contributed by atoms with Crippen LogP contribution >= 0.6 is 0 Å². The molecule has 0 aromatic heterocycles. The maximum atomic E-state index is 13.8. The van der Waals surface area contributed by atoms with Gasteiger partial charge in [-0.3, -0.25) is 9.69 Å². The summed E-state index contributed by atoms with van der Waals surface area (Å²) in [6, 6.07) is 14.0. The average Bonchev–Trinajstić information content (AvgIpc) is 2.66. The highest BCUT2D eigenvalue weighted by Crippen LogP contribution is 2.24. The Bertz CT molecular complexity index is 774. The molecule has 0 saturated carbocycles. The van der Waals surface area contributed by atoms with Crippen molar-refractivity contribution in [3.8, 4) is 5.75 Å². The smallest absolute Gasteiger partial charge is 0.238 e. The van der Waals surface area contributed by atoms with E-state index in [1.807, 2.05) is 42.2 Å². The topological polar surface area (TPSA) is 61.8 Å². The number of rotatable bonds is 6. The first-order chi connectivity index (χ1) is 12.9. The molecule has 1 amide bonds. The highest BCUT2D eigenvalue weighted by Gasteiger charge is 2.33. The fourth-order valence-corrected chi connectivity index (χ4v) is 3.13. The quantitative estimate of drug-likeness (QED) is 0.818. The third-order valence-electron chi connectivity index (χ3n) is 4.80. The summed E-state index contributed by atoms with van der Waals surface area (Å²) in [4.78, 5) is 14.2. The normalized spacial score (nSPS) is 16.7. The zero-order chi connectivity index (χ0) is 19.3. The number of carbonyl (C=O) groups excluding carboxylic acids is 1. The van der Waals surface area contributed by atoms with Gasteiger partial charge in [-0.05, 0) is 49.6 Å². The van der Waals surface area contributed by atoms with Crippen LogP contribution < -0.4 is 10.1 Å². The van der Waals surface area contributed by atoms with Crippen molar-refractivity contribution in [2.45, 2.75) is 25.4 Å². The third-order valence-corrected chi connectivity index (χ3v) is 4.80. The number of halogens is 1. The van der Waals surface area contributed by atoms with Crippen LogP contribution in [0.4, 0.5) is 10.1 Å². The van der Waals surface area contributed by atoms with Crippen molar-refractivity contribution in [3.63, 3.8) is 0 Å². The number of benzene rings is 2. The summed E-state index contributed by atoms with van der Waals surface area (Å²) < 4.78 is 19.4. The molecule has 0 atom stereocenters. The summed E-state index contributed by atoms with van der Waals surface area (Å²) in [5, 5.41) is 13.3. The zero-order valence-corrected chi connectivity index (χ0v) is 15.5. The second-order valence-electron chi connectivity index (χ2n) is 7.13. The zero-order valence-electron chi connectivity index (χ0n) is 15.5. The molecule has 2 aromatic carbocycles. The van der Waals surface area contributed by atoms with Crippen molar-refractivity contribution >= 4 is 11.6 Å². The first kappa shape index (κ1) is 19.3. The van der Waals surface area contributed by atoms with Crippen molar-refractivity contribution in [2.75, 3.05) is 31.6 Å². The molecule has 0 radical (unpaired) electrons. The Hall–Kier alpha value is -2.44. The van der Waals surface area contributed by atoms with E-state index in [-0.39, 0.29) is 24.7 Å². The largest absolute Gasteiger partial charge is 0.491 e. The number of hydrogen-bond donors (Lipinski definition) is 2. The van der Waals surface area contributed by atoms with E-state index in [2.05, 4.69) is 5.32 Å². The summed E-state index contributed by atoms with van der Waals surface area (Å²) in [7, 11) is 0. The number of amides is 1. The van der Waals surface area contributed by atoms with Gasteiger partial charge >= 0.3 is 0 Å². The van der Waals surface area contributed by atoms with Crippen LogP contribution in [0.1, 0.15) is 18.4 Å². The SMILES string of the molecule is Cc1ccc(F)c(NC(=O)CN2CCC(O)(COc3ccccc3)CC2)c1. The lowest BCUT2D eigenvalue weighted by atomic mass is 9.92. The van der Waals surface area contributed by atoms with Crippen LogP contribution in [0, 0.1) is 12.7 Å². The molecule has 5 nitrogen and oxygen atoms in total. The van der Waals surface area contributed by atoms with Gasteiger partial charge in [-0.1, -0.05) is 24.3 Å². The number of aliphatic hydroxyl groups is 1. The molecule has 2 aromatic rings. The monoisotopic (exact) mass is 372 g/mol. The number of hydrogen-bond acceptors (Lipinski definition) is 4. The van der Waals surface area contributed by atoms with Crippen LogP contribution in [0.3, 0.4) is 0 Å². The molecule has 0 unspecified atom stereocenters. The summed E-state index contributed by atoms with van der Waals surface area (Å²) >= 11 is 0. The molecular weight excluding hydrogens is 347 g/mol. The van der Waals surface area contributed by atoms with E-state index in [9.17, 15) is 14.3 Å². The van der Waals surface area contributed by atoms with E-state index < -0.39 is 11.4 Å². The van der Waals surface area contributed by atoms with E-state index >= 15 is 0 Å². The van der Waals surface area contributed by atoms with E-state index in [4.69, 9.17) is 4.74 Å². The Kier molecular flexibility index (Phi) is 6.08. The van der Waals surface area contributed by atoms with Crippen LogP contribution in [0.2, 0.25) is 0 Å². The van der Waals surface area contributed by atoms with Gasteiger partial charge in [0.2, 0.25) is 5.91 Å². The number of aryl methyl sites for hydroxylation is 1. The van der Waals surface area contributed by atoms with Crippen LogP contribution in [0.5, 0.6) is 5.75 Å². The Balaban J connectivity index is 1.46. The Morgan fingerprint density at radius 1 is 1.22 bits per heavy atom. The van der Waals surface area contributed by atoms with E-state index in [0.29, 0.717) is 25.9 Å². The second kappa shape index (κ2) is 8.50. The Morgan fingerprint density at radius 3 is 2.63 bits per heavy atom. The van der Waals surface area contributed by atoms with Gasteiger partial charge < -0.3 is 15.2 Å². The van der Waals surface area contributed by atoms with Gasteiger partial charge in [0, 0.05) is 13.1 Å². The van der Waals surface area contributed by atoms with Crippen molar-refractivity contribution in [1.29, 1.82) is 0 Å². The molecule has 0 spiro atoms. The second-order valence-corrected chi connectivity index (χ2v) is 7.13. The molecule has 3 rings (SSSR count). The van der Waals surface area contributed by atoms with Crippen molar-refractivity contribution in [3.05, 3.63) is 59.9 Å². The lowest BCUT2D eigenvalue weighted by Crippen LogP contribution is -2.49. The molecule has 144 valence electrons. The van der Waals surface area contributed by atoms with Gasteiger partial charge in [-0.2, -0.15) is 0 Å². The summed E-state index contributed by atoms with van der Waals surface area (Å²) in [6.07, 6.45) is 1.04. The molecule has 1 aliphatic heterocycles. The molecule has 1 heterocycles. The fraction of sp³-hybridized carbons (Fsp3) is 0.381. The summed E-state index contributed by atoms with van der Waals surface area (Å²) in [5.74, 6) is 0.0263. The Labute approximate surface area is 158 Å². The molecular formula is C21H25FN2O3. The first-order valence-electron chi connectivity index (χ1n) is 9.12. The third kappa shape index (κ3) is 5.52. The molecule has 1 saturated heterocycles. The lowest BCUT2D eigenvalue weighted by molar-refractivity contribution is -0.119. The predicted octanol–water partition coefficient (Wildman–Crippen LogP) is 2.98. The molecule has 0 bridgehead atoms. The highest BCUT2D eigenvalue weighted by molar-refractivity contribution is 5.92. The molecule has 1 aliphatic rings. The van der Waals surface area contributed by atoms with Crippen LogP contribution in [0.25, 0.3) is 0 Å². The van der Waals surface area contributed by atoms with Crippen LogP contribution in [-0.4, -0.2) is 47.8 Å². The number of nitrogens with one attached hydrogen (secondary N) is 1. The predicted molar refractivity (Wildman–Crippen MR) is 102 cm³/mol. The molecule has 6 heteroatoms. The number of anilines is 1. The standard InChI is InChI=1S/C21H25FN2O3/c1-16-7-8-18(22)19(13-16)23-20(25)14-24-11-9-21(26,10-12-24)15-27-17-5-3-2-4-6-17/h2-8,13,26H,9-12,14-15H2,1H3,(H,23,25). The first-order valence-corrected chi connectivity index (χ1v) is 9.12. The molecule has 0 aliphatic carbocycles. The van der Waals surface area contributed by atoms with Gasteiger partial charge in [-0.25, -0.2) is 4.39 Å². The van der Waals surface area contributed by atoms with E-state index in [1.165, 1.54) is 6.07 Å². The van der Waals surface area contributed by atoms with Crippen molar-refractivity contribution in [2.24, 2.45) is 0 Å². The summed E-state index contributed by atoms with van der Waals surface area (Å²) in [5.41, 5.74) is 0.184. The maximum Gasteiger partial charge on any atom is 0.238 e. The minimum absolute atomic E-state index is 0.170. The van der Waals surface area contributed by atoms with Crippen LogP contribution in [0.15, 0.2) is 48.5 Å².